The number of carbonyl (C=O) groups is 3. The second kappa shape index (κ2) is 9.72. The average molecular weight is 479 g/mol. The first-order chi connectivity index (χ1) is 16.6. The SMILES string of the molecule is CC1CCCN(C(=O)[C@H](NC(=O)OCC2c3ccccc3-c3ccccc32)C(C)(C)C)C1C(=O)O. The van der Waals surface area contributed by atoms with Gasteiger partial charge in [0, 0.05) is 12.5 Å². The van der Waals surface area contributed by atoms with Crippen LogP contribution in [0.25, 0.3) is 11.1 Å². The molecule has 0 radical (unpaired) electrons. The van der Waals surface area contributed by atoms with E-state index in [2.05, 4.69) is 17.4 Å². The van der Waals surface area contributed by atoms with Crippen molar-refractivity contribution in [2.75, 3.05) is 13.2 Å². The summed E-state index contributed by atoms with van der Waals surface area (Å²) in [6.45, 7) is 7.90. The van der Waals surface area contributed by atoms with Crippen molar-refractivity contribution in [1.82, 2.24) is 10.2 Å². The Morgan fingerprint density at radius 3 is 2.17 bits per heavy atom. The first-order valence-corrected chi connectivity index (χ1v) is 12.2. The molecule has 0 saturated carbocycles. The quantitative estimate of drug-likeness (QED) is 0.652. The normalized spacial score (nSPS) is 20.5. The van der Waals surface area contributed by atoms with E-state index in [1.807, 2.05) is 64.1 Å². The Balaban J connectivity index is 1.48. The zero-order valence-corrected chi connectivity index (χ0v) is 20.8. The molecule has 1 aliphatic heterocycles. The van der Waals surface area contributed by atoms with Crippen LogP contribution in [0.5, 0.6) is 0 Å². The van der Waals surface area contributed by atoms with Crippen LogP contribution in [-0.4, -0.2) is 53.2 Å². The third-order valence-corrected chi connectivity index (χ3v) is 7.19. The van der Waals surface area contributed by atoms with E-state index in [0.29, 0.717) is 6.54 Å². The van der Waals surface area contributed by atoms with Crippen LogP contribution in [0.2, 0.25) is 0 Å². The molecule has 2 N–H and O–H groups in total. The summed E-state index contributed by atoms with van der Waals surface area (Å²) in [5.41, 5.74) is 3.86. The van der Waals surface area contributed by atoms with Gasteiger partial charge in [0.15, 0.2) is 0 Å². The fourth-order valence-electron chi connectivity index (χ4n) is 5.38. The summed E-state index contributed by atoms with van der Waals surface area (Å²) in [7, 11) is 0. The van der Waals surface area contributed by atoms with Crippen LogP contribution in [0.3, 0.4) is 0 Å². The van der Waals surface area contributed by atoms with Crippen molar-refractivity contribution in [3.05, 3.63) is 59.7 Å². The molecule has 4 rings (SSSR count). The lowest BCUT2D eigenvalue weighted by Gasteiger charge is -2.41. The molecule has 0 spiro atoms. The molecular formula is C28H34N2O5. The Bertz CT molecular complexity index is 1080. The molecule has 2 aromatic rings. The number of hydrogen-bond donors (Lipinski definition) is 2. The number of benzene rings is 2. The van der Waals surface area contributed by atoms with E-state index in [1.54, 1.807) is 0 Å². The molecule has 0 aromatic heterocycles. The fraction of sp³-hybridized carbons (Fsp3) is 0.464. The standard InChI is InChI=1S/C28H34N2O5/c1-17-10-9-15-30(23(17)26(32)33)25(31)24(28(2,3)4)29-27(34)35-16-22-20-13-7-5-11-18(20)19-12-6-8-14-21(19)22/h5-8,11-14,17,22-24H,9-10,15-16H2,1-4H3,(H,29,34)(H,32,33)/t17?,23?,24-/m0/s1. The van der Waals surface area contributed by atoms with Gasteiger partial charge in [-0.3, -0.25) is 4.79 Å². The van der Waals surface area contributed by atoms with E-state index < -0.39 is 29.6 Å². The monoisotopic (exact) mass is 478 g/mol. The lowest BCUT2D eigenvalue weighted by atomic mass is 9.83. The minimum Gasteiger partial charge on any atom is -0.480 e. The average Bonchev–Trinajstić information content (AvgIpc) is 3.13. The molecule has 7 heteroatoms. The van der Waals surface area contributed by atoms with Crippen molar-refractivity contribution in [3.8, 4) is 11.1 Å². The van der Waals surface area contributed by atoms with Gasteiger partial charge in [0.2, 0.25) is 5.91 Å². The minimum atomic E-state index is -1.01. The van der Waals surface area contributed by atoms with Gasteiger partial charge in [-0.05, 0) is 46.4 Å². The number of carbonyl (C=O) groups excluding carboxylic acids is 2. The van der Waals surface area contributed by atoms with Gasteiger partial charge in [-0.25, -0.2) is 9.59 Å². The van der Waals surface area contributed by atoms with Crippen LogP contribution in [0.4, 0.5) is 4.79 Å². The maximum absolute atomic E-state index is 13.5. The van der Waals surface area contributed by atoms with Crippen LogP contribution in [0.15, 0.2) is 48.5 Å². The second-order valence-corrected chi connectivity index (χ2v) is 10.7. The number of likely N-dealkylation sites (tertiary alicyclic amines) is 1. The second-order valence-electron chi connectivity index (χ2n) is 10.7. The number of piperidine rings is 1. The number of carboxylic acids is 1. The van der Waals surface area contributed by atoms with E-state index >= 15 is 0 Å². The molecule has 2 aliphatic rings. The van der Waals surface area contributed by atoms with Gasteiger partial charge in [0.05, 0.1) is 0 Å². The highest BCUT2D eigenvalue weighted by Crippen LogP contribution is 2.44. The highest BCUT2D eigenvalue weighted by molar-refractivity contribution is 5.90. The smallest absolute Gasteiger partial charge is 0.407 e. The van der Waals surface area contributed by atoms with Crippen molar-refractivity contribution in [2.45, 2.75) is 58.5 Å². The minimum absolute atomic E-state index is 0.0868. The molecule has 7 nitrogen and oxygen atoms in total. The summed E-state index contributed by atoms with van der Waals surface area (Å²) < 4.78 is 5.66. The van der Waals surface area contributed by atoms with Crippen LogP contribution in [-0.2, 0) is 14.3 Å². The Labute approximate surface area is 206 Å². The summed E-state index contributed by atoms with van der Waals surface area (Å²) in [6, 6.07) is 14.4. The zero-order chi connectivity index (χ0) is 25.3. The van der Waals surface area contributed by atoms with Gasteiger partial charge < -0.3 is 20.1 Å². The maximum atomic E-state index is 13.5. The van der Waals surface area contributed by atoms with Crippen molar-refractivity contribution in [1.29, 1.82) is 0 Å². The number of hydrogen-bond acceptors (Lipinski definition) is 4. The number of aliphatic carboxylic acids is 1. The molecular weight excluding hydrogens is 444 g/mol. The van der Waals surface area contributed by atoms with Crippen LogP contribution >= 0.6 is 0 Å². The Kier molecular flexibility index (Phi) is 6.88. The summed E-state index contributed by atoms with van der Waals surface area (Å²) in [6.07, 6.45) is 0.802. The van der Waals surface area contributed by atoms with E-state index in [1.165, 1.54) is 4.90 Å². The highest BCUT2D eigenvalue weighted by Gasteiger charge is 2.43. The predicted octanol–water partition coefficient (Wildman–Crippen LogP) is 4.65. The Morgan fingerprint density at radius 2 is 1.63 bits per heavy atom. The first kappa shape index (κ1) is 24.8. The molecule has 1 saturated heterocycles. The topological polar surface area (TPSA) is 95.9 Å². The van der Waals surface area contributed by atoms with Gasteiger partial charge >= 0.3 is 12.1 Å². The number of alkyl carbamates (subject to hydrolysis) is 1. The number of rotatable bonds is 5. The van der Waals surface area contributed by atoms with E-state index in [0.717, 1.165) is 35.1 Å². The highest BCUT2D eigenvalue weighted by atomic mass is 16.5. The molecule has 2 amide bonds. The van der Waals surface area contributed by atoms with E-state index in [4.69, 9.17) is 4.74 Å². The summed E-state index contributed by atoms with van der Waals surface area (Å²) in [5.74, 6) is -1.64. The zero-order valence-electron chi connectivity index (χ0n) is 20.8. The molecule has 1 heterocycles. The van der Waals surface area contributed by atoms with E-state index in [-0.39, 0.29) is 24.3 Å². The molecule has 0 bridgehead atoms. The number of fused-ring (bicyclic) bond motifs is 3. The molecule has 1 aliphatic carbocycles. The first-order valence-electron chi connectivity index (χ1n) is 12.2. The van der Waals surface area contributed by atoms with E-state index in [9.17, 15) is 19.5 Å². The van der Waals surface area contributed by atoms with Crippen LogP contribution < -0.4 is 5.32 Å². The number of carboxylic acid groups (broad SMARTS) is 1. The van der Waals surface area contributed by atoms with Crippen molar-refractivity contribution in [3.63, 3.8) is 0 Å². The van der Waals surface area contributed by atoms with Crippen molar-refractivity contribution in [2.24, 2.45) is 11.3 Å². The third kappa shape index (κ3) is 4.90. The predicted molar refractivity (Wildman–Crippen MR) is 133 cm³/mol. The number of ether oxygens (including phenoxy) is 1. The number of amides is 2. The van der Waals surface area contributed by atoms with Gasteiger partial charge in [0.1, 0.15) is 18.7 Å². The van der Waals surface area contributed by atoms with Crippen LogP contribution in [0, 0.1) is 11.3 Å². The maximum Gasteiger partial charge on any atom is 0.407 e. The third-order valence-electron chi connectivity index (χ3n) is 7.19. The molecule has 35 heavy (non-hydrogen) atoms. The molecule has 1 fully saturated rings. The summed E-state index contributed by atoms with van der Waals surface area (Å²) in [4.78, 5) is 39.8. The summed E-state index contributed by atoms with van der Waals surface area (Å²) in [5, 5.41) is 12.5. The molecule has 2 unspecified atom stereocenters. The lowest BCUT2D eigenvalue weighted by Crippen LogP contribution is -2.60. The Morgan fingerprint density at radius 1 is 1.06 bits per heavy atom. The van der Waals surface area contributed by atoms with Gasteiger partial charge in [-0.2, -0.15) is 0 Å². The lowest BCUT2D eigenvalue weighted by molar-refractivity contribution is -0.156. The summed E-state index contributed by atoms with van der Waals surface area (Å²) >= 11 is 0. The van der Waals surface area contributed by atoms with Crippen LogP contribution in [0.1, 0.15) is 57.6 Å². The van der Waals surface area contributed by atoms with Crippen molar-refractivity contribution >= 4 is 18.0 Å². The molecule has 186 valence electrons. The van der Waals surface area contributed by atoms with Gasteiger partial charge in [-0.1, -0.05) is 76.2 Å². The molecule has 3 atom stereocenters. The fourth-order valence-corrected chi connectivity index (χ4v) is 5.38. The number of nitrogens with one attached hydrogen (secondary N) is 1. The van der Waals surface area contributed by atoms with Crippen molar-refractivity contribution < 1.29 is 24.2 Å². The Hall–Kier alpha value is -3.35. The largest absolute Gasteiger partial charge is 0.480 e. The van der Waals surface area contributed by atoms with Gasteiger partial charge in [0.25, 0.3) is 0 Å². The number of nitrogens with zero attached hydrogens (tertiary/aromatic N) is 1. The molecule has 2 aromatic carbocycles. The van der Waals surface area contributed by atoms with Gasteiger partial charge in [-0.15, -0.1) is 0 Å².